The first-order valence-electron chi connectivity index (χ1n) is 9.20. The lowest BCUT2D eigenvalue weighted by Crippen LogP contribution is -2.31. The third kappa shape index (κ3) is 2.65. The van der Waals surface area contributed by atoms with Crippen molar-refractivity contribution in [3.05, 3.63) is 35.7 Å². The Balaban J connectivity index is 1.31. The Kier molecular flexibility index (Phi) is 3.51. The van der Waals surface area contributed by atoms with Crippen molar-refractivity contribution in [2.45, 2.75) is 44.4 Å². The molecule has 0 radical (unpaired) electrons. The van der Waals surface area contributed by atoms with Gasteiger partial charge in [0.15, 0.2) is 11.5 Å². The van der Waals surface area contributed by atoms with E-state index in [1.54, 1.807) is 10.8 Å². The fourth-order valence-electron chi connectivity index (χ4n) is 4.01. The summed E-state index contributed by atoms with van der Waals surface area (Å²) in [7, 11) is 0. The molecule has 2 atom stereocenters. The summed E-state index contributed by atoms with van der Waals surface area (Å²) in [6.45, 7) is 0. The van der Waals surface area contributed by atoms with Crippen LogP contribution in [0.3, 0.4) is 0 Å². The van der Waals surface area contributed by atoms with E-state index >= 15 is 0 Å². The molecule has 5 rings (SSSR count). The van der Waals surface area contributed by atoms with Crippen LogP contribution in [0.15, 0.2) is 23.0 Å². The van der Waals surface area contributed by atoms with E-state index in [9.17, 15) is 0 Å². The highest BCUT2D eigenvalue weighted by atomic mass is 16.5. The van der Waals surface area contributed by atoms with Gasteiger partial charge >= 0.3 is 0 Å². The molecule has 134 valence electrons. The van der Waals surface area contributed by atoms with E-state index in [-0.39, 0.29) is 11.4 Å². The molecule has 8 heteroatoms. The van der Waals surface area contributed by atoms with Crippen molar-refractivity contribution in [1.82, 2.24) is 24.7 Å². The van der Waals surface area contributed by atoms with E-state index in [0.717, 1.165) is 42.9 Å². The van der Waals surface area contributed by atoms with Gasteiger partial charge in [0, 0.05) is 24.5 Å². The van der Waals surface area contributed by atoms with Gasteiger partial charge in [-0.15, -0.1) is 0 Å². The van der Waals surface area contributed by atoms with Crippen LogP contribution in [-0.2, 0) is 6.42 Å². The van der Waals surface area contributed by atoms with Crippen LogP contribution >= 0.6 is 0 Å². The molecule has 3 aromatic heterocycles. The Morgan fingerprint density at radius 1 is 1.31 bits per heavy atom. The van der Waals surface area contributed by atoms with Crippen molar-refractivity contribution in [3.63, 3.8) is 0 Å². The Bertz CT molecular complexity index is 1030. The van der Waals surface area contributed by atoms with Crippen molar-refractivity contribution >= 4 is 17.0 Å². The number of hydrogen-bond acceptors (Lipinski definition) is 6. The molecule has 26 heavy (non-hydrogen) atoms. The summed E-state index contributed by atoms with van der Waals surface area (Å²) >= 11 is 0. The summed E-state index contributed by atoms with van der Waals surface area (Å²) in [5.41, 5.74) is 1.74. The Morgan fingerprint density at radius 2 is 2.19 bits per heavy atom. The summed E-state index contributed by atoms with van der Waals surface area (Å²) in [5.74, 6) is 3.18. The lowest BCUT2D eigenvalue weighted by Gasteiger charge is -2.16. The maximum Gasteiger partial charge on any atom is 0.226 e. The zero-order chi connectivity index (χ0) is 17.7. The monoisotopic (exact) mass is 351 g/mol. The van der Waals surface area contributed by atoms with Crippen LogP contribution in [0.25, 0.3) is 11.2 Å². The van der Waals surface area contributed by atoms with Crippen molar-refractivity contribution < 1.29 is 4.52 Å². The third-order valence-electron chi connectivity index (χ3n) is 5.56. The first-order valence-corrected chi connectivity index (χ1v) is 9.20. The van der Waals surface area contributed by atoms with Gasteiger partial charge in [-0.25, -0.2) is 4.98 Å². The van der Waals surface area contributed by atoms with Gasteiger partial charge in [-0.05, 0) is 44.1 Å². The van der Waals surface area contributed by atoms with Gasteiger partial charge in [0.05, 0.1) is 11.7 Å². The normalized spacial score (nSPS) is 22.9. The van der Waals surface area contributed by atoms with Gasteiger partial charge in [0.1, 0.15) is 11.3 Å². The van der Waals surface area contributed by atoms with Crippen LogP contribution in [-0.4, -0.2) is 30.5 Å². The van der Waals surface area contributed by atoms with E-state index < -0.39 is 0 Å². The number of nitrogens with one attached hydrogen (secondary N) is 3. The number of rotatable bonds is 4. The molecule has 2 aliphatic rings. The van der Waals surface area contributed by atoms with Crippen LogP contribution in [0.5, 0.6) is 0 Å². The number of H-pyrrole nitrogens is 1. The molecule has 0 aliphatic heterocycles. The third-order valence-corrected chi connectivity index (χ3v) is 5.56. The van der Waals surface area contributed by atoms with Crippen molar-refractivity contribution in [1.29, 1.82) is 10.8 Å². The predicted octanol–water partition coefficient (Wildman–Crippen LogP) is 2.59. The van der Waals surface area contributed by atoms with Crippen LogP contribution in [0.2, 0.25) is 0 Å². The quantitative estimate of drug-likeness (QED) is 0.494. The molecule has 0 saturated heterocycles. The SMILES string of the molecule is N=C([C@@H]1CCC(Cc2nc(C3CC3)no2)C1)n1c(=N)cnc2[nH]ccc21. The minimum Gasteiger partial charge on any atom is -0.345 e. The number of nitrogens with zero attached hydrogens (tertiary/aromatic N) is 4. The highest BCUT2D eigenvalue weighted by Crippen LogP contribution is 2.39. The summed E-state index contributed by atoms with van der Waals surface area (Å²) in [5, 5.41) is 20.9. The van der Waals surface area contributed by atoms with E-state index in [2.05, 4.69) is 20.1 Å². The molecule has 3 N–H and O–H groups in total. The Labute approximate surface area is 149 Å². The molecule has 0 aromatic carbocycles. The molecule has 0 amide bonds. The summed E-state index contributed by atoms with van der Waals surface area (Å²) in [6.07, 6.45) is 9.35. The standard InChI is InChI=1S/C18H21N7O/c19-14-9-22-18-13(5-6-21-18)25(14)16(20)12-2-1-10(7-12)8-15-23-17(24-26-15)11-3-4-11/h5-6,9-12,19-21H,1-4,7-8H2/t10?,12-/m1/s1. The summed E-state index contributed by atoms with van der Waals surface area (Å²) in [4.78, 5) is 11.8. The van der Waals surface area contributed by atoms with Crippen molar-refractivity contribution in [3.8, 4) is 0 Å². The van der Waals surface area contributed by atoms with E-state index in [1.807, 2.05) is 6.07 Å². The average Bonchev–Trinajstić information content (AvgIpc) is 3.02. The lowest BCUT2D eigenvalue weighted by molar-refractivity contribution is 0.348. The average molecular weight is 351 g/mol. The molecular weight excluding hydrogens is 330 g/mol. The molecule has 2 fully saturated rings. The maximum absolute atomic E-state index is 8.68. The smallest absolute Gasteiger partial charge is 0.226 e. The number of aromatic amines is 1. The first-order chi connectivity index (χ1) is 12.7. The number of fused-ring (bicyclic) bond motifs is 1. The fourth-order valence-corrected chi connectivity index (χ4v) is 4.01. The summed E-state index contributed by atoms with van der Waals surface area (Å²) < 4.78 is 7.11. The Hall–Kier alpha value is -2.77. The van der Waals surface area contributed by atoms with Gasteiger partial charge in [0.25, 0.3) is 0 Å². The molecule has 0 bridgehead atoms. The minimum atomic E-state index is 0.139. The molecule has 1 unspecified atom stereocenters. The second kappa shape index (κ2) is 5.89. The van der Waals surface area contributed by atoms with E-state index in [4.69, 9.17) is 15.3 Å². The largest absolute Gasteiger partial charge is 0.345 e. The van der Waals surface area contributed by atoms with Crippen LogP contribution in [0.4, 0.5) is 0 Å². The summed E-state index contributed by atoms with van der Waals surface area (Å²) in [6, 6.07) is 1.87. The predicted molar refractivity (Wildman–Crippen MR) is 93.9 cm³/mol. The molecule has 2 aliphatic carbocycles. The lowest BCUT2D eigenvalue weighted by atomic mass is 10.0. The molecule has 0 spiro atoms. The van der Waals surface area contributed by atoms with Crippen LogP contribution < -0.4 is 5.49 Å². The molecule has 3 aromatic rings. The minimum absolute atomic E-state index is 0.139. The van der Waals surface area contributed by atoms with Crippen molar-refractivity contribution in [2.24, 2.45) is 11.8 Å². The van der Waals surface area contributed by atoms with Gasteiger partial charge in [0.2, 0.25) is 5.89 Å². The molecule has 8 nitrogen and oxygen atoms in total. The molecule has 3 heterocycles. The molecule has 2 saturated carbocycles. The van der Waals surface area contributed by atoms with Crippen LogP contribution in [0.1, 0.15) is 49.7 Å². The highest BCUT2D eigenvalue weighted by Gasteiger charge is 2.32. The molecular formula is C18H21N7O. The number of hydrogen-bond donors (Lipinski definition) is 3. The van der Waals surface area contributed by atoms with E-state index in [1.165, 1.54) is 19.0 Å². The highest BCUT2D eigenvalue weighted by molar-refractivity contribution is 5.91. The van der Waals surface area contributed by atoms with Crippen molar-refractivity contribution in [2.75, 3.05) is 0 Å². The zero-order valence-electron chi connectivity index (χ0n) is 14.4. The second-order valence-corrected chi connectivity index (χ2v) is 7.48. The Morgan fingerprint density at radius 3 is 3.04 bits per heavy atom. The zero-order valence-corrected chi connectivity index (χ0v) is 14.4. The fraction of sp³-hybridized carbons (Fsp3) is 0.500. The van der Waals surface area contributed by atoms with Crippen LogP contribution in [0, 0.1) is 22.7 Å². The van der Waals surface area contributed by atoms with Gasteiger partial charge in [-0.2, -0.15) is 4.98 Å². The van der Waals surface area contributed by atoms with Gasteiger partial charge < -0.3 is 9.51 Å². The second-order valence-electron chi connectivity index (χ2n) is 7.48. The first kappa shape index (κ1) is 15.5. The van der Waals surface area contributed by atoms with Gasteiger partial charge in [-0.1, -0.05) is 5.16 Å². The number of aromatic nitrogens is 5. The maximum atomic E-state index is 8.68. The van der Waals surface area contributed by atoms with Gasteiger partial charge in [-0.3, -0.25) is 15.4 Å². The topological polar surface area (TPSA) is 120 Å². The van der Waals surface area contributed by atoms with E-state index in [0.29, 0.717) is 23.3 Å².